The molecule has 26 heavy (non-hydrogen) atoms. The van der Waals surface area contributed by atoms with Gasteiger partial charge < -0.3 is 15.4 Å². The molecule has 1 saturated carbocycles. The number of aliphatic imine (C=N–C) groups is 1. The zero-order valence-corrected chi connectivity index (χ0v) is 17.1. The summed E-state index contributed by atoms with van der Waals surface area (Å²) in [5.41, 5.74) is 0. The van der Waals surface area contributed by atoms with Crippen molar-refractivity contribution in [3.05, 3.63) is 23.4 Å². The van der Waals surface area contributed by atoms with Crippen LogP contribution in [0.15, 0.2) is 23.3 Å². The van der Waals surface area contributed by atoms with Gasteiger partial charge in [-0.25, -0.2) is 9.98 Å². The fourth-order valence-electron chi connectivity index (χ4n) is 3.02. The van der Waals surface area contributed by atoms with E-state index in [0.29, 0.717) is 35.3 Å². The van der Waals surface area contributed by atoms with E-state index in [1.807, 2.05) is 13.8 Å². The summed E-state index contributed by atoms with van der Waals surface area (Å²) in [6.07, 6.45) is 5.77. The molecule has 3 unspecified atom stereocenters. The number of nitrogens with zero attached hydrogens (tertiary/aromatic N) is 2. The first-order chi connectivity index (χ1) is 12.6. The Morgan fingerprint density at radius 1 is 1.42 bits per heavy atom. The maximum Gasteiger partial charge on any atom is 0.213 e. The van der Waals surface area contributed by atoms with Gasteiger partial charge in [0.25, 0.3) is 0 Å². The first-order valence-corrected chi connectivity index (χ1v) is 11.0. The highest BCUT2D eigenvalue weighted by atomic mass is 35.5. The number of pyridine rings is 1. The first-order valence-electron chi connectivity index (χ1n) is 9.28. The number of guanidine groups is 1. The Morgan fingerprint density at radius 2 is 2.27 bits per heavy atom. The summed E-state index contributed by atoms with van der Waals surface area (Å²) >= 11 is 5.81. The lowest BCUT2D eigenvalue weighted by Gasteiger charge is -2.30. The third-order valence-corrected chi connectivity index (χ3v) is 6.24. The second-order valence-electron chi connectivity index (χ2n) is 6.22. The van der Waals surface area contributed by atoms with Gasteiger partial charge >= 0.3 is 0 Å². The molecule has 0 spiro atoms. The van der Waals surface area contributed by atoms with Crippen LogP contribution in [0.5, 0.6) is 5.88 Å². The Labute approximate surface area is 163 Å². The average molecular weight is 401 g/mol. The summed E-state index contributed by atoms with van der Waals surface area (Å²) < 4.78 is 17.7. The van der Waals surface area contributed by atoms with Gasteiger partial charge in [0.05, 0.1) is 11.6 Å². The van der Waals surface area contributed by atoms with Crippen LogP contribution in [0.25, 0.3) is 0 Å². The summed E-state index contributed by atoms with van der Waals surface area (Å²) in [7, 11) is -0.719. The van der Waals surface area contributed by atoms with E-state index in [4.69, 9.17) is 16.3 Å². The fourth-order valence-corrected chi connectivity index (χ4v) is 4.48. The molecule has 1 heterocycles. The van der Waals surface area contributed by atoms with Gasteiger partial charge in [-0.2, -0.15) is 0 Å². The molecule has 0 bridgehead atoms. The van der Waals surface area contributed by atoms with Gasteiger partial charge in [-0.3, -0.25) is 4.21 Å². The van der Waals surface area contributed by atoms with Crippen molar-refractivity contribution in [2.24, 2.45) is 4.99 Å². The van der Waals surface area contributed by atoms with Crippen molar-refractivity contribution in [3.63, 3.8) is 0 Å². The van der Waals surface area contributed by atoms with Crippen molar-refractivity contribution in [2.45, 2.75) is 50.8 Å². The number of rotatable bonds is 8. The van der Waals surface area contributed by atoms with E-state index in [2.05, 4.69) is 20.6 Å². The zero-order chi connectivity index (χ0) is 18.8. The predicted molar refractivity (Wildman–Crippen MR) is 109 cm³/mol. The Bertz CT molecular complexity index is 597. The highest BCUT2D eigenvalue weighted by Gasteiger charge is 2.25. The molecule has 0 saturated heterocycles. The molecule has 0 amide bonds. The van der Waals surface area contributed by atoms with Crippen LogP contribution in [0.1, 0.15) is 39.5 Å². The number of hydrogen-bond acceptors (Lipinski definition) is 4. The monoisotopic (exact) mass is 400 g/mol. The van der Waals surface area contributed by atoms with E-state index in [9.17, 15) is 4.21 Å². The molecule has 6 nitrogen and oxygen atoms in total. The average Bonchev–Trinajstić information content (AvgIpc) is 2.66. The third kappa shape index (κ3) is 7.11. The maximum atomic E-state index is 12.1. The molecule has 146 valence electrons. The lowest BCUT2D eigenvalue weighted by molar-refractivity contribution is 0.315. The molecule has 1 aromatic rings. The highest BCUT2D eigenvalue weighted by molar-refractivity contribution is 7.85. The van der Waals surface area contributed by atoms with Crippen molar-refractivity contribution in [3.8, 4) is 5.88 Å². The number of aromatic nitrogens is 1. The van der Waals surface area contributed by atoms with Gasteiger partial charge in [0, 0.05) is 46.7 Å². The standard InChI is InChI=1S/C18H29ClN4O2S/c1-3-20-18(21-10-11-25-17-9-8-14(19)13-22-17)23-15-6-5-7-16(12-15)26(24)4-2/h8-9,13,15-16H,3-7,10-12H2,1-2H3,(H2,20,21,23). The molecule has 1 aromatic heterocycles. The first kappa shape index (κ1) is 21.0. The Balaban J connectivity index is 1.81. The highest BCUT2D eigenvalue weighted by Crippen LogP contribution is 2.23. The molecular weight excluding hydrogens is 372 g/mol. The van der Waals surface area contributed by atoms with Crippen molar-refractivity contribution in [1.29, 1.82) is 0 Å². The SMILES string of the molecule is CCNC(=NCCOc1ccc(Cl)cn1)NC1CCCC(S(=O)CC)C1. The summed E-state index contributed by atoms with van der Waals surface area (Å²) in [5.74, 6) is 2.06. The minimum absolute atomic E-state index is 0.299. The number of hydrogen-bond donors (Lipinski definition) is 2. The quantitative estimate of drug-likeness (QED) is 0.398. The molecule has 3 atom stereocenters. The molecule has 2 rings (SSSR count). The fraction of sp³-hybridized carbons (Fsp3) is 0.667. The molecule has 8 heteroatoms. The zero-order valence-electron chi connectivity index (χ0n) is 15.5. The van der Waals surface area contributed by atoms with Crippen LogP contribution < -0.4 is 15.4 Å². The molecule has 0 aromatic carbocycles. The third-order valence-electron chi connectivity index (χ3n) is 4.28. The minimum Gasteiger partial charge on any atom is -0.476 e. The molecule has 1 aliphatic rings. The predicted octanol–water partition coefficient (Wildman–Crippen LogP) is 2.75. The summed E-state index contributed by atoms with van der Waals surface area (Å²) in [5, 5.41) is 7.64. The lowest BCUT2D eigenvalue weighted by Crippen LogP contribution is -2.46. The van der Waals surface area contributed by atoms with Gasteiger partial charge in [0.15, 0.2) is 5.96 Å². The van der Waals surface area contributed by atoms with Crippen LogP contribution in [-0.2, 0) is 10.8 Å². The summed E-state index contributed by atoms with van der Waals surface area (Å²) in [4.78, 5) is 8.66. The maximum absolute atomic E-state index is 12.1. The Hall–Kier alpha value is -1.34. The molecule has 0 aliphatic heterocycles. The van der Waals surface area contributed by atoms with Crippen molar-refractivity contribution >= 4 is 28.4 Å². The normalized spacial score (nSPS) is 21.9. The van der Waals surface area contributed by atoms with E-state index < -0.39 is 10.8 Å². The van der Waals surface area contributed by atoms with E-state index in [1.54, 1.807) is 18.3 Å². The van der Waals surface area contributed by atoms with Crippen LogP contribution >= 0.6 is 11.6 Å². The van der Waals surface area contributed by atoms with Crippen LogP contribution in [0.2, 0.25) is 5.02 Å². The second kappa shape index (κ2) is 11.4. The van der Waals surface area contributed by atoms with Crippen LogP contribution in [0, 0.1) is 0 Å². The Morgan fingerprint density at radius 3 is 2.96 bits per heavy atom. The molecule has 0 radical (unpaired) electrons. The van der Waals surface area contributed by atoms with Crippen molar-refractivity contribution in [1.82, 2.24) is 15.6 Å². The second-order valence-corrected chi connectivity index (χ2v) is 8.67. The van der Waals surface area contributed by atoms with Crippen molar-refractivity contribution in [2.75, 3.05) is 25.4 Å². The van der Waals surface area contributed by atoms with Gasteiger partial charge in [0.1, 0.15) is 6.61 Å². The van der Waals surface area contributed by atoms with Gasteiger partial charge in [-0.1, -0.05) is 24.9 Å². The summed E-state index contributed by atoms with van der Waals surface area (Å²) in [6.45, 7) is 5.80. The summed E-state index contributed by atoms with van der Waals surface area (Å²) in [6, 6.07) is 3.81. The van der Waals surface area contributed by atoms with E-state index in [1.165, 1.54) is 0 Å². The number of halogens is 1. The van der Waals surface area contributed by atoms with Crippen LogP contribution in [0.4, 0.5) is 0 Å². The Kier molecular flexibility index (Phi) is 9.18. The molecule has 1 aliphatic carbocycles. The minimum atomic E-state index is -0.719. The van der Waals surface area contributed by atoms with E-state index in [-0.39, 0.29) is 0 Å². The topological polar surface area (TPSA) is 75.6 Å². The molecule has 2 N–H and O–H groups in total. The van der Waals surface area contributed by atoms with Gasteiger partial charge in [-0.15, -0.1) is 0 Å². The molecule has 1 fully saturated rings. The van der Waals surface area contributed by atoms with Crippen LogP contribution in [0.3, 0.4) is 0 Å². The van der Waals surface area contributed by atoms with E-state index >= 15 is 0 Å². The van der Waals surface area contributed by atoms with Gasteiger partial charge in [0.2, 0.25) is 5.88 Å². The number of nitrogens with one attached hydrogen (secondary N) is 2. The number of ether oxygens (including phenoxy) is 1. The molecular formula is C18H29ClN4O2S. The lowest BCUT2D eigenvalue weighted by atomic mass is 9.95. The van der Waals surface area contributed by atoms with Crippen LogP contribution in [-0.4, -0.2) is 51.9 Å². The van der Waals surface area contributed by atoms with E-state index in [0.717, 1.165) is 43.9 Å². The smallest absolute Gasteiger partial charge is 0.213 e. The largest absolute Gasteiger partial charge is 0.476 e. The van der Waals surface area contributed by atoms with Crippen molar-refractivity contribution < 1.29 is 8.95 Å². The van der Waals surface area contributed by atoms with Gasteiger partial charge in [-0.05, 0) is 32.3 Å².